The lowest BCUT2D eigenvalue weighted by molar-refractivity contribution is 0.171. The van der Waals surface area contributed by atoms with Gasteiger partial charge < -0.3 is 33.6 Å². The monoisotopic (exact) mass is 1080 g/mol. The van der Waals surface area contributed by atoms with E-state index in [4.69, 9.17) is 18.9 Å². The number of rotatable bonds is 7. The fraction of sp³-hybridized carbons (Fsp3) is 0.200. The first-order valence-electron chi connectivity index (χ1n) is 29.3. The Bertz CT molecular complexity index is 4220. The highest BCUT2D eigenvalue weighted by Gasteiger charge is 2.45. The zero-order valence-electron chi connectivity index (χ0n) is 48.5. The van der Waals surface area contributed by atoms with Crippen molar-refractivity contribution < 1.29 is 18.9 Å². The second-order valence-electron chi connectivity index (χ2n) is 25.4. The number of benzene rings is 10. The summed E-state index contributed by atoms with van der Waals surface area (Å²) in [6.45, 7) is 20.3. The predicted octanol–water partition coefficient (Wildman–Crippen LogP) is 17.0. The molecule has 0 bridgehead atoms. The van der Waals surface area contributed by atoms with Gasteiger partial charge >= 0.3 is 0 Å². The molecule has 408 valence electrons. The minimum Gasteiger partial charge on any atom is -0.486 e. The van der Waals surface area contributed by atoms with Crippen LogP contribution in [0.25, 0.3) is 33.4 Å². The van der Waals surface area contributed by atoms with Crippen LogP contribution in [0.15, 0.2) is 206 Å². The van der Waals surface area contributed by atoms with Crippen LogP contribution in [0.2, 0.25) is 0 Å². The van der Waals surface area contributed by atoms with Gasteiger partial charge in [0.1, 0.15) is 26.4 Å². The van der Waals surface area contributed by atoms with Gasteiger partial charge in [-0.05, 0) is 168 Å². The largest absolute Gasteiger partial charge is 0.486 e. The fourth-order valence-electron chi connectivity index (χ4n) is 13.5. The Balaban J connectivity index is 0.943. The fourth-order valence-corrected chi connectivity index (χ4v) is 13.5. The molecule has 8 heteroatoms. The Morgan fingerprint density at radius 3 is 1.57 bits per heavy atom. The molecule has 10 aromatic rings. The lowest BCUT2D eigenvalue weighted by Crippen LogP contribution is -2.61. The average molecular weight is 1080 g/mol. The molecule has 0 aromatic heterocycles. The van der Waals surface area contributed by atoms with Crippen LogP contribution in [0, 0.1) is 0 Å². The number of fused-ring (bicyclic) bond motifs is 9. The van der Waals surface area contributed by atoms with E-state index in [0.29, 0.717) is 26.4 Å². The van der Waals surface area contributed by atoms with Gasteiger partial charge in [-0.1, -0.05) is 165 Å². The Labute approximate surface area is 488 Å². The average Bonchev–Trinajstić information content (AvgIpc) is 3.00. The van der Waals surface area contributed by atoms with Crippen LogP contribution in [0.3, 0.4) is 0 Å². The Kier molecular flexibility index (Phi) is 11.6. The first-order valence-corrected chi connectivity index (χ1v) is 29.3. The highest BCUT2D eigenvalue weighted by atomic mass is 16.6. The standard InChI is InChI=1S/C75H66BN3O4/c1-73(2,3)51-22-29-55(30-23-51)78-64-34-24-52(74(4,5)6)42-62(64)76-63-45-70-71(83-39-38-82-70)46-65(63)79(57-32-35-68-69(44-57)81-37-36-80-68)67-41-50(40-66(78)72(67)76)49-20-27-54(28-21-49)77(53-25-18-48(19-26-53)47-14-10-9-11-15-47)56-31-33-59-58-16-12-13-17-60(58)75(7,8)61(59)43-56/h9-35,40-46H,36-39H2,1-8H3. The Morgan fingerprint density at radius 1 is 0.386 bits per heavy atom. The number of anilines is 9. The molecular weight excluding hydrogens is 1020 g/mol. The topological polar surface area (TPSA) is 46.6 Å². The van der Waals surface area contributed by atoms with Gasteiger partial charge in [0.05, 0.1) is 5.69 Å². The van der Waals surface area contributed by atoms with Crippen LogP contribution in [-0.4, -0.2) is 33.1 Å². The van der Waals surface area contributed by atoms with Crippen LogP contribution in [0.4, 0.5) is 51.2 Å². The summed E-state index contributed by atoms with van der Waals surface area (Å²) in [4.78, 5) is 7.35. The smallest absolute Gasteiger partial charge is 0.252 e. The molecule has 83 heavy (non-hydrogen) atoms. The molecule has 0 spiro atoms. The molecule has 0 saturated carbocycles. The van der Waals surface area contributed by atoms with Gasteiger partial charge in [0.2, 0.25) is 0 Å². The van der Waals surface area contributed by atoms with Gasteiger partial charge in [-0.15, -0.1) is 0 Å². The summed E-state index contributed by atoms with van der Waals surface area (Å²) in [7, 11) is 0. The molecule has 1 aliphatic carbocycles. The van der Waals surface area contributed by atoms with Crippen molar-refractivity contribution in [2.45, 2.75) is 71.6 Å². The summed E-state index contributed by atoms with van der Waals surface area (Å²) < 4.78 is 25.4. The van der Waals surface area contributed by atoms with E-state index >= 15 is 0 Å². The molecule has 0 radical (unpaired) electrons. The highest BCUT2D eigenvalue weighted by Crippen LogP contribution is 2.53. The van der Waals surface area contributed by atoms with Crippen molar-refractivity contribution >= 4 is 74.3 Å². The van der Waals surface area contributed by atoms with Crippen LogP contribution in [-0.2, 0) is 16.2 Å². The number of hydrogen-bond donors (Lipinski definition) is 0. The first kappa shape index (κ1) is 50.8. The highest BCUT2D eigenvalue weighted by molar-refractivity contribution is 7.00. The third-order valence-electron chi connectivity index (χ3n) is 17.9. The molecule has 4 aliphatic heterocycles. The van der Waals surface area contributed by atoms with Crippen LogP contribution < -0.4 is 50.0 Å². The zero-order valence-corrected chi connectivity index (χ0v) is 48.5. The maximum absolute atomic E-state index is 6.46. The van der Waals surface area contributed by atoms with E-state index < -0.39 is 0 Å². The number of nitrogens with zero attached hydrogens (tertiary/aromatic N) is 3. The van der Waals surface area contributed by atoms with E-state index in [2.05, 4.69) is 276 Å². The van der Waals surface area contributed by atoms with Gasteiger partial charge in [0.25, 0.3) is 6.71 Å². The van der Waals surface area contributed by atoms with Gasteiger partial charge in [0.15, 0.2) is 23.0 Å². The van der Waals surface area contributed by atoms with Crippen molar-refractivity contribution in [3.05, 3.63) is 229 Å². The molecule has 0 fully saturated rings. The SMILES string of the molecule is CC(C)(C)c1ccc(N2c3ccc(C(C)(C)C)cc3B3c4cc5c(cc4N(c4ccc6c(c4)OCCO6)c4cc(-c6ccc(N(c7ccc(-c8ccccc8)cc7)c7ccc8c(c7)C(C)(C)c7ccccc7-8)cc6)cc2c43)OCCO5)cc1. The molecule has 10 aromatic carbocycles. The van der Waals surface area contributed by atoms with Crippen molar-refractivity contribution in [3.8, 4) is 56.4 Å². The number of ether oxygens (including phenoxy) is 4. The molecule has 15 rings (SSSR count). The van der Waals surface area contributed by atoms with E-state index in [-0.39, 0.29) is 23.0 Å². The van der Waals surface area contributed by atoms with Crippen molar-refractivity contribution in [1.29, 1.82) is 0 Å². The molecule has 5 aliphatic rings. The molecule has 0 atom stereocenters. The molecule has 7 nitrogen and oxygen atoms in total. The molecule has 0 unspecified atom stereocenters. The first-order chi connectivity index (χ1) is 40.2. The molecule has 0 amide bonds. The second-order valence-corrected chi connectivity index (χ2v) is 25.4. The predicted molar refractivity (Wildman–Crippen MR) is 343 cm³/mol. The minimum absolute atomic E-state index is 0.0147. The third kappa shape index (κ3) is 8.39. The lowest BCUT2D eigenvalue weighted by Gasteiger charge is -2.45. The van der Waals surface area contributed by atoms with Gasteiger partial charge in [-0.2, -0.15) is 0 Å². The lowest BCUT2D eigenvalue weighted by atomic mass is 9.33. The van der Waals surface area contributed by atoms with Gasteiger partial charge in [-0.3, -0.25) is 0 Å². The Morgan fingerprint density at radius 2 is 0.904 bits per heavy atom. The minimum atomic E-state index is -0.160. The van der Waals surface area contributed by atoms with Gasteiger partial charge in [-0.25, -0.2) is 0 Å². The third-order valence-corrected chi connectivity index (χ3v) is 17.9. The Hall–Kier alpha value is -9.14. The van der Waals surface area contributed by atoms with Crippen molar-refractivity contribution in [2.24, 2.45) is 0 Å². The summed E-state index contributed by atoms with van der Waals surface area (Å²) >= 11 is 0. The maximum Gasteiger partial charge on any atom is 0.252 e. The zero-order chi connectivity index (χ0) is 56.5. The summed E-state index contributed by atoms with van der Waals surface area (Å²) in [6, 6.07) is 76.8. The molecular formula is C75H66BN3O4. The van der Waals surface area contributed by atoms with Gasteiger partial charge in [0, 0.05) is 63.0 Å². The van der Waals surface area contributed by atoms with E-state index in [0.717, 1.165) is 90.8 Å². The summed E-state index contributed by atoms with van der Waals surface area (Å²) in [5.74, 6) is 2.98. The van der Waals surface area contributed by atoms with E-state index in [1.165, 1.54) is 55.4 Å². The van der Waals surface area contributed by atoms with Crippen molar-refractivity contribution in [3.63, 3.8) is 0 Å². The molecule has 0 N–H and O–H groups in total. The summed E-state index contributed by atoms with van der Waals surface area (Å²) in [5.41, 5.74) is 25.5. The van der Waals surface area contributed by atoms with Crippen molar-refractivity contribution in [2.75, 3.05) is 41.1 Å². The maximum atomic E-state index is 6.46. The summed E-state index contributed by atoms with van der Waals surface area (Å²) in [5, 5.41) is 0. The van der Waals surface area contributed by atoms with Crippen LogP contribution in [0.5, 0.6) is 23.0 Å². The quantitative estimate of drug-likeness (QED) is 0.147. The van der Waals surface area contributed by atoms with E-state index in [1.54, 1.807) is 0 Å². The summed E-state index contributed by atoms with van der Waals surface area (Å²) in [6.07, 6.45) is 0. The van der Waals surface area contributed by atoms with Crippen molar-refractivity contribution in [1.82, 2.24) is 0 Å². The molecule has 4 heterocycles. The van der Waals surface area contributed by atoms with E-state index in [9.17, 15) is 0 Å². The van der Waals surface area contributed by atoms with Crippen LogP contribution >= 0.6 is 0 Å². The second kappa shape index (κ2) is 19.0. The van der Waals surface area contributed by atoms with E-state index in [1.807, 2.05) is 0 Å². The van der Waals surface area contributed by atoms with Crippen LogP contribution in [0.1, 0.15) is 77.6 Å². The number of hydrogen-bond acceptors (Lipinski definition) is 7. The normalized spacial score (nSPS) is 15.0. The molecule has 0 saturated heterocycles.